The molecule has 0 bridgehead atoms. The second-order valence-electron chi connectivity index (χ2n) is 6.63. The molecule has 3 rings (SSSR count). The molecule has 8 heteroatoms. The van der Waals surface area contributed by atoms with Crippen molar-refractivity contribution in [2.24, 2.45) is 0 Å². The van der Waals surface area contributed by atoms with E-state index in [0.717, 1.165) is 31.9 Å². The minimum atomic E-state index is -0.554. The molecular formula is C20H21ClN4O3. The highest BCUT2D eigenvalue weighted by Crippen LogP contribution is 2.25. The first-order chi connectivity index (χ1) is 13.4. The van der Waals surface area contributed by atoms with Crippen LogP contribution < -0.4 is 10.2 Å². The van der Waals surface area contributed by atoms with Gasteiger partial charge in [-0.1, -0.05) is 17.7 Å². The highest BCUT2D eigenvalue weighted by Gasteiger charge is 2.14. The molecule has 0 aromatic heterocycles. The van der Waals surface area contributed by atoms with Gasteiger partial charge >= 0.3 is 0 Å². The molecule has 0 atom stereocenters. The molecule has 7 nitrogen and oxygen atoms in total. The summed E-state index contributed by atoms with van der Waals surface area (Å²) < 4.78 is 0. The van der Waals surface area contributed by atoms with Gasteiger partial charge in [0.1, 0.15) is 5.02 Å². The van der Waals surface area contributed by atoms with Gasteiger partial charge in [-0.15, -0.1) is 0 Å². The van der Waals surface area contributed by atoms with Crippen LogP contribution in [-0.2, 0) is 4.79 Å². The van der Waals surface area contributed by atoms with Crippen LogP contribution in [0.2, 0.25) is 5.02 Å². The summed E-state index contributed by atoms with van der Waals surface area (Å²) >= 11 is 5.79. The first-order valence-corrected chi connectivity index (χ1v) is 9.27. The maximum absolute atomic E-state index is 12.1. The summed E-state index contributed by atoms with van der Waals surface area (Å²) in [6, 6.07) is 12.1. The Morgan fingerprint density at radius 3 is 2.46 bits per heavy atom. The second kappa shape index (κ2) is 8.86. The van der Waals surface area contributed by atoms with Crippen LogP contribution in [0, 0.1) is 10.1 Å². The molecule has 1 fully saturated rings. The molecule has 2 aromatic carbocycles. The number of nitro groups is 1. The molecule has 0 aliphatic carbocycles. The molecule has 1 aliphatic rings. The highest BCUT2D eigenvalue weighted by molar-refractivity contribution is 6.32. The SMILES string of the molecule is CN1CCN(c2ccc(NC(=O)/C=C/c3ccc(Cl)c([N+](=O)[O-])c3)cc2)CC1. The monoisotopic (exact) mass is 400 g/mol. The highest BCUT2D eigenvalue weighted by atomic mass is 35.5. The van der Waals surface area contributed by atoms with Gasteiger partial charge in [0.15, 0.2) is 0 Å². The fourth-order valence-electron chi connectivity index (χ4n) is 2.95. The van der Waals surface area contributed by atoms with Crippen molar-refractivity contribution < 1.29 is 9.72 Å². The van der Waals surface area contributed by atoms with Crippen LogP contribution >= 0.6 is 11.6 Å². The molecule has 0 spiro atoms. The second-order valence-corrected chi connectivity index (χ2v) is 7.03. The minimum Gasteiger partial charge on any atom is -0.369 e. The van der Waals surface area contributed by atoms with Crippen molar-refractivity contribution in [2.45, 2.75) is 0 Å². The Labute approximate surface area is 168 Å². The van der Waals surface area contributed by atoms with E-state index < -0.39 is 4.92 Å². The van der Waals surface area contributed by atoms with E-state index in [1.165, 1.54) is 24.3 Å². The Bertz CT molecular complexity index is 891. The summed E-state index contributed by atoms with van der Waals surface area (Å²) in [4.78, 5) is 27.1. The molecular weight excluding hydrogens is 380 g/mol. The lowest BCUT2D eigenvalue weighted by Crippen LogP contribution is -2.44. The van der Waals surface area contributed by atoms with Gasteiger partial charge in [-0.2, -0.15) is 0 Å². The van der Waals surface area contributed by atoms with Crippen LogP contribution in [0.25, 0.3) is 6.08 Å². The maximum Gasteiger partial charge on any atom is 0.288 e. The Morgan fingerprint density at radius 1 is 1.14 bits per heavy atom. The van der Waals surface area contributed by atoms with Gasteiger partial charge in [-0.3, -0.25) is 14.9 Å². The van der Waals surface area contributed by atoms with Crippen molar-refractivity contribution in [3.8, 4) is 0 Å². The number of anilines is 2. The molecule has 146 valence electrons. The minimum absolute atomic E-state index is 0.0621. The number of nitrogens with zero attached hydrogens (tertiary/aromatic N) is 3. The van der Waals surface area contributed by atoms with E-state index in [-0.39, 0.29) is 16.6 Å². The van der Waals surface area contributed by atoms with Gasteiger partial charge in [0.05, 0.1) is 4.92 Å². The summed E-state index contributed by atoms with van der Waals surface area (Å²) in [5.74, 6) is -0.315. The average molecular weight is 401 g/mol. The molecule has 2 aromatic rings. The number of piperazine rings is 1. The average Bonchev–Trinajstić information content (AvgIpc) is 2.68. The van der Waals surface area contributed by atoms with E-state index in [2.05, 4.69) is 22.2 Å². The fraction of sp³-hybridized carbons (Fsp3) is 0.250. The van der Waals surface area contributed by atoms with E-state index in [1.807, 2.05) is 24.3 Å². The van der Waals surface area contributed by atoms with Crippen LogP contribution in [0.4, 0.5) is 17.1 Å². The normalized spacial score (nSPS) is 15.0. The van der Waals surface area contributed by atoms with Crippen molar-refractivity contribution >= 4 is 40.6 Å². The topological polar surface area (TPSA) is 78.7 Å². The number of carbonyl (C=O) groups is 1. The van der Waals surface area contributed by atoms with E-state index >= 15 is 0 Å². The summed E-state index contributed by atoms with van der Waals surface area (Å²) in [7, 11) is 2.12. The summed E-state index contributed by atoms with van der Waals surface area (Å²) in [6.45, 7) is 4.04. The Balaban J connectivity index is 1.59. The van der Waals surface area contributed by atoms with Gasteiger partial charge < -0.3 is 15.1 Å². The zero-order chi connectivity index (χ0) is 20.1. The Morgan fingerprint density at radius 2 is 1.82 bits per heavy atom. The number of nitrogens with one attached hydrogen (secondary N) is 1. The van der Waals surface area contributed by atoms with E-state index in [9.17, 15) is 14.9 Å². The molecule has 28 heavy (non-hydrogen) atoms. The van der Waals surface area contributed by atoms with Crippen molar-refractivity contribution in [1.29, 1.82) is 0 Å². The number of hydrogen-bond acceptors (Lipinski definition) is 5. The van der Waals surface area contributed by atoms with Crippen molar-refractivity contribution in [1.82, 2.24) is 4.90 Å². The molecule has 0 unspecified atom stereocenters. The number of nitro benzene ring substituents is 1. The van der Waals surface area contributed by atoms with E-state index in [4.69, 9.17) is 11.6 Å². The molecule has 1 N–H and O–H groups in total. The summed E-state index contributed by atoms with van der Waals surface area (Å²) in [6.07, 6.45) is 2.85. The first kappa shape index (κ1) is 19.9. The fourth-order valence-corrected chi connectivity index (χ4v) is 3.14. The standard InChI is InChI=1S/C20H21ClN4O3/c1-23-10-12-24(13-11-23)17-6-4-16(5-7-17)22-20(26)9-3-15-2-8-18(21)19(14-15)25(27)28/h2-9,14H,10-13H2,1H3,(H,22,26)/b9-3+. The van der Waals surface area contributed by atoms with Gasteiger partial charge in [-0.05, 0) is 49.0 Å². The van der Waals surface area contributed by atoms with Crippen LogP contribution in [0.15, 0.2) is 48.5 Å². The number of carbonyl (C=O) groups excluding carboxylic acids is 1. The van der Waals surface area contributed by atoms with Crippen LogP contribution in [0.5, 0.6) is 0 Å². The molecule has 1 aliphatic heterocycles. The zero-order valence-corrected chi connectivity index (χ0v) is 16.2. The molecule has 1 heterocycles. The third-order valence-corrected chi connectivity index (χ3v) is 4.92. The number of amides is 1. The maximum atomic E-state index is 12.1. The molecule has 1 saturated heterocycles. The zero-order valence-electron chi connectivity index (χ0n) is 15.5. The predicted molar refractivity (Wildman–Crippen MR) is 112 cm³/mol. The summed E-state index contributed by atoms with van der Waals surface area (Å²) in [5, 5.41) is 13.8. The van der Waals surface area contributed by atoms with Gasteiger partial charge in [0.25, 0.3) is 5.69 Å². The van der Waals surface area contributed by atoms with E-state index in [0.29, 0.717) is 11.3 Å². The number of likely N-dealkylation sites (N-methyl/N-ethyl adjacent to an activating group) is 1. The smallest absolute Gasteiger partial charge is 0.288 e. The third kappa shape index (κ3) is 5.09. The molecule has 1 amide bonds. The first-order valence-electron chi connectivity index (χ1n) is 8.89. The van der Waals surface area contributed by atoms with Crippen molar-refractivity contribution in [3.05, 3.63) is 69.2 Å². The van der Waals surface area contributed by atoms with Crippen molar-refractivity contribution in [3.63, 3.8) is 0 Å². The van der Waals surface area contributed by atoms with Crippen LogP contribution in [0.3, 0.4) is 0 Å². The molecule has 0 saturated carbocycles. The van der Waals surface area contributed by atoms with Gasteiger partial charge in [-0.25, -0.2) is 0 Å². The van der Waals surface area contributed by atoms with Gasteiger partial charge in [0.2, 0.25) is 5.91 Å². The predicted octanol–water partition coefficient (Wildman–Crippen LogP) is 3.65. The number of halogens is 1. The lowest BCUT2D eigenvalue weighted by molar-refractivity contribution is -0.384. The summed E-state index contributed by atoms with van der Waals surface area (Å²) in [5.41, 5.74) is 2.16. The number of hydrogen-bond donors (Lipinski definition) is 1. The largest absolute Gasteiger partial charge is 0.369 e. The van der Waals surface area contributed by atoms with Gasteiger partial charge in [0, 0.05) is 49.7 Å². The van der Waals surface area contributed by atoms with Crippen molar-refractivity contribution in [2.75, 3.05) is 43.4 Å². The quantitative estimate of drug-likeness (QED) is 0.471. The molecule has 0 radical (unpaired) electrons. The number of benzene rings is 2. The Kier molecular flexibility index (Phi) is 6.28. The lowest BCUT2D eigenvalue weighted by atomic mass is 10.2. The van der Waals surface area contributed by atoms with E-state index in [1.54, 1.807) is 6.07 Å². The Hall–Kier alpha value is -2.90. The van der Waals surface area contributed by atoms with Crippen LogP contribution in [0.1, 0.15) is 5.56 Å². The third-order valence-electron chi connectivity index (χ3n) is 4.60. The van der Waals surface area contributed by atoms with Crippen LogP contribution in [-0.4, -0.2) is 49.0 Å². The number of rotatable bonds is 5. The lowest BCUT2D eigenvalue weighted by Gasteiger charge is -2.34.